The Balaban J connectivity index is 2.08. The topological polar surface area (TPSA) is 44.1 Å². The van der Waals surface area contributed by atoms with Gasteiger partial charge < -0.3 is 4.74 Å². The molecule has 1 aromatic carbocycles. The van der Waals surface area contributed by atoms with Crippen molar-refractivity contribution >= 4 is 11.9 Å². The van der Waals surface area contributed by atoms with E-state index in [9.17, 15) is 4.79 Å². The number of rotatable bonds is 4. The van der Waals surface area contributed by atoms with Gasteiger partial charge >= 0.3 is 0 Å². The van der Waals surface area contributed by atoms with Gasteiger partial charge in [-0.1, -0.05) is 18.2 Å². The van der Waals surface area contributed by atoms with E-state index in [1.807, 2.05) is 24.3 Å². The maximum Gasteiger partial charge on any atom is 0.189 e. The van der Waals surface area contributed by atoms with Crippen LogP contribution in [0.15, 0.2) is 42.7 Å². The number of carbonyl (C=O) groups excluding carboxylic acids is 1. The number of benzene rings is 1. The fourth-order valence-electron chi connectivity index (χ4n) is 1.53. The average molecular weight is 242 g/mol. The first-order valence-electron chi connectivity index (χ1n) is 5.54. The van der Waals surface area contributed by atoms with Crippen LogP contribution in [0.25, 0.3) is 6.08 Å². The summed E-state index contributed by atoms with van der Waals surface area (Å²) in [6, 6.07) is 7.50. The number of hydrogen-bond donors (Lipinski definition) is 0. The van der Waals surface area contributed by atoms with Gasteiger partial charge in [-0.05, 0) is 23.8 Å². The van der Waals surface area contributed by atoms with Crippen molar-refractivity contribution in [3.63, 3.8) is 0 Å². The Labute approximate surface area is 106 Å². The van der Waals surface area contributed by atoms with Gasteiger partial charge in [0, 0.05) is 13.2 Å². The van der Waals surface area contributed by atoms with E-state index in [-0.39, 0.29) is 5.78 Å². The van der Waals surface area contributed by atoms with Crippen molar-refractivity contribution in [1.82, 2.24) is 9.78 Å². The number of hydrogen-bond acceptors (Lipinski definition) is 3. The molecule has 4 nitrogen and oxygen atoms in total. The Bertz CT molecular complexity index is 568. The third kappa shape index (κ3) is 2.85. The van der Waals surface area contributed by atoms with Crippen LogP contribution in [0.5, 0.6) is 5.75 Å². The summed E-state index contributed by atoms with van der Waals surface area (Å²) >= 11 is 0. The zero-order chi connectivity index (χ0) is 13.0. The Morgan fingerprint density at radius 2 is 2.06 bits per heavy atom. The summed E-state index contributed by atoms with van der Waals surface area (Å²) in [5.74, 6) is 0.740. The van der Waals surface area contributed by atoms with E-state index in [0.717, 1.165) is 11.3 Å². The molecule has 0 N–H and O–H groups in total. The normalized spacial score (nSPS) is 10.8. The van der Waals surface area contributed by atoms with Crippen LogP contribution in [0, 0.1) is 0 Å². The predicted octanol–water partition coefficient (Wildman–Crippen LogP) is 2.32. The van der Waals surface area contributed by atoms with Gasteiger partial charge in [0.1, 0.15) is 5.75 Å². The van der Waals surface area contributed by atoms with E-state index in [2.05, 4.69) is 5.10 Å². The van der Waals surface area contributed by atoms with E-state index >= 15 is 0 Å². The second-order valence-corrected chi connectivity index (χ2v) is 3.87. The van der Waals surface area contributed by atoms with Crippen molar-refractivity contribution in [2.45, 2.75) is 0 Å². The fraction of sp³-hybridized carbons (Fsp3) is 0.143. The van der Waals surface area contributed by atoms with Gasteiger partial charge in [0.05, 0.1) is 18.9 Å². The zero-order valence-electron chi connectivity index (χ0n) is 10.3. The molecule has 92 valence electrons. The van der Waals surface area contributed by atoms with Gasteiger partial charge in [-0.15, -0.1) is 0 Å². The van der Waals surface area contributed by atoms with Crippen molar-refractivity contribution in [1.29, 1.82) is 0 Å². The molecule has 0 atom stereocenters. The minimum Gasteiger partial charge on any atom is -0.497 e. The lowest BCUT2D eigenvalue weighted by molar-refractivity contribution is 0.104. The highest BCUT2D eigenvalue weighted by Crippen LogP contribution is 2.12. The van der Waals surface area contributed by atoms with Crippen LogP contribution >= 0.6 is 0 Å². The molecular weight excluding hydrogens is 228 g/mol. The van der Waals surface area contributed by atoms with Crippen LogP contribution in [0.2, 0.25) is 0 Å². The van der Waals surface area contributed by atoms with Crippen molar-refractivity contribution in [3.05, 3.63) is 53.9 Å². The van der Waals surface area contributed by atoms with Crippen LogP contribution in [0.3, 0.4) is 0 Å². The van der Waals surface area contributed by atoms with Crippen LogP contribution in [-0.2, 0) is 7.05 Å². The summed E-state index contributed by atoms with van der Waals surface area (Å²) in [6.45, 7) is 0. The first-order valence-corrected chi connectivity index (χ1v) is 5.54. The monoisotopic (exact) mass is 242 g/mol. The molecule has 0 spiro atoms. The molecule has 0 unspecified atom stereocenters. The minimum absolute atomic E-state index is 0.0566. The number of methoxy groups -OCH3 is 1. The first kappa shape index (κ1) is 12.1. The van der Waals surface area contributed by atoms with Crippen molar-refractivity contribution in [2.24, 2.45) is 7.05 Å². The molecule has 18 heavy (non-hydrogen) atoms. The molecular formula is C14H14N2O2. The van der Waals surface area contributed by atoms with Gasteiger partial charge in [0.2, 0.25) is 0 Å². The zero-order valence-corrected chi connectivity index (χ0v) is 10.3. The maximum absolute atomic E-state index is 11.8. The molecule has 1 aromatic heterocycles. The Kier molecular flexibility index (Phi) is 3.57. The molecule has 4 heteroatoms. The second kappa shape index (κ2) is 5.31. The molecule has 0 amide bonds. The van der Waals surface area contributed by atoms with Crippen LogP contribution in [-0.4, -0.2) is 22.7 Å². The molecule has 0 aliphatic carbocycles. The molecule has 2 rings (SSSR count). The van der Waals surface area contributed by atoms with Gasteiger partial charge in [0.25, 0.3) is 0 Å². The van der Waals surface area contributed by atoms with Crippen molar-refractivity contribution in [3.8, 4) is 5.75 Å². The van der Waals surface area contributed by atoms with E-state index in [4.69, 9.17) is 4.74 Å². The predicted molar refractivity (Wildman–Crippen MR) is 69.6 cm³/mol. The lowest BCUT2D eigenvalue weighted by Gasteiger charge is -1.98. The first-order chi connectivity index (χ1) is 8.69. The van der Waals surface area contributed by atoms with E-state index in [1.165, 1.54) is 0 Å². The Hall–Kier alpha value is -2.36. The van der Waals surface area contributed by atoms with Crippen molar-refractivity contribution in [2.75, 3.05) is 7.11 Å². The number of ether oxygens (including phenoxy) is 1. The molecule has 0 aliphatic heterocycles. The third-order valence-electron chi connectivity index (χ3n) is 2.53. The number of nitrogens with zero attached hydrogens (tertiary/aromatic N) is 2. The standard InChI is InChI=1S/C14H14N2O2/c1-16-10-12(9-15-16)14(17)8-5-11-3-6-13(18-2)7-4-11/h3-10H,1-2H3. The van der Waals surface area contributed by atoms with Crippen LogP contribution in [0.1, 0.15) is 15.9 Å². The van der Waals surface area contributed by atoms with Gasteiger partial charge in [-0.2, -0.15) is 5.10 Å². The molecule has 0 bridgehead atoms. The van der Waals surface area contributed by atoms with E-state index in [1.54, 1.807) is 43.4 Å². The van der Waals surface area contributed by atoms with Gasteiger partial charge in [-0.25, -0.2) is 0 Å². The van der Waals surface area contributed by atoms with Crippen molar-refractivity contribution < 1.29 is 9.53 Å². The van der Waals surface area contributed by atoms with Gasteiger partial charge in [-0.3, -0.25) is 9.48 Å². The molecule has 2 aromatic rings. The average Bonchev–Trinajstić information content (AvgIpc) is 2.83. The Morgan fingerprint density at radius 1 is 1.33 bits per heavy atom. The molecule has 1 heterocycles. The molecule has 0 fully saturated rings. The summed E-state index contributed by atoms with van der Waals surface area (Å²) in [7, 11) is 3.40. The molecule has 0 saturated carbocycles. The van der Waals surface area contributed by atoms with E-state index < -0.39 is 0 Å². The van der Waals surface area contributed by atoms with Crippen LogP contribution < -0.4 is 4.74 Å². The number of aromatic nitrogens is 2. The highest BCUT2D eigenvalue weighted by atomic mass is 16.5. The number of aryl methyl sites for hydroxylation is 1. The third-order valence-corrected chi connectivity index (χ3v) is 2.53. The highest BCUT2D eigenvalue weighted by molar-refractivity contribution is 6.06. The Morgan fingerprint density at radius 3 is 2.61 bits per heavy atom. The maximum atomic E-state index is 11.8. The minimum atomic E-state index is -0.0566. The smallest absolute Gasteiger partial charge is 0.189 e. The quantitative estimate of drug-likeness (QED) is 0.610. The van der Waals surface area contributed by atoms with Gasteiger partial charge in [0.15, 0.2) is 5.78 Å². The largest absolute Gasteiger partial charge is 0.497 e. The summed E-state index contributed by atoms with van der Waals surface area (Å²) in [6.07, 6.45) is 6.56. The van der Waals surface area contributed by atoms with E-state index in [0.29, 0.717) is 5.56 Å². The fourth-order valence-corrected chi connectivity index (χ4v) is 1.53. The summed E-state index contributed by atoms with van der Waals surface area (Å²) in [5.41, 5.74) is 1.54. The summed E-state index contributed by atoms with van der Waals surface area (Å²) in [4.78, 5) is 11.8. The summed E-state index contributed by atoms with van der Waals surface area (Å²) < 4.78 is 6.67. The van der Waals surface area contributed by atoms with Crippen LogP contribution in [0.4, 0.5) is 0 Å². The molecule has 0 saturated heterocycles. The highest BCUT2D eigenvalue weighted by Gasteiger charge is 2.03. The molecule has 0 radical (unpaired) electrons. The summed E-state index contributed by atoms with van der Waals surface area (Å²) in [5, 5.41) is 3.96. The second-order valence-electron chi connectivity index (χ2n) is 3.87. The lowest BCUT2D eigenvalue weighted by atomic mass is 10.1. The molecule has 0 aliphatic rings. The number of carbonyl (C=O) groups is 1. The number of allylic oxidation sites excluding steroid dienone is 1. The lowest BCUT2D eigenvalue weighted by Crippen LogP contribution is -1.91. The SMILES string of the molecule is COc1ccc(C=CC(=O)c2cnn(C)c2)cc1. The number of ketones is 1.